The number of hydrogen-bond donors (Lipinski definition) is 2. The van der Waals surface area contributed by atoms with E-state index >= 15 is 0 Å². The van der Waals surface area contributed by atoms with E-state index in [4.69, 9.17) is 5.73 Å². The van der Waals surface area contributed by atoms with Gasteiger partial charge in [0, 0.05) is 25.8 Å². The van der Waals surface area contributed by atoms with E-state index in [0.717, 1.165) is 43.2 Å². The molecule has 1 saturated carbocycles. The van der Waals surface area contributed by atoms with E-state index in [-0.39, 0.29) is 5.91 Å². The standard InChI is InChI=1S/C16H24N4O/c1-12-4-8-20(9-5-12)14-3-2-13(10-18-14)11-19-15(21)16(17)6-7-16/h2-3,10,12H,4-9,11,17H2,1H3,(H,19,21). The van der Waals surface area contributed by atoms with E-state index < -0.39 is 5.54 Å². The Labute approximate surface area is 125 Å². The number of pyridine rings is 1. The lowest BCUT2D eigenvalue weighted by Crippen LogP contribution is -2.42. The first kappa shape index (κ1) is 14.3. The van der Waals surface area contributed by atoms with E-state index in [9.17, 15) is 4.79 Å². The predicted molar refractivity (Wildman–Crippen MR) is 82.8 cm³/mol. The van der Waals surface area contributed by atoms with Crippen LogP contribution in [0, 0.1) is 5.92 Å². The Balaban J connectivity index is 1.53. The maximum atomic E-state index is 11.8. The van der Waals surface area contributed by atoms with Gasteiger partial charge in [0.05, 0.1) is 5.54 Å². The molecule has 0 bridgehead atoms. The van der Waals surface area contributed by atoms with Crippen molar-refractivity contribution in [2.75, 3.05) is 18.0 Å². The third-order valence-corrected chi connectivity index (χ3v) is 4.61. The Kier molecular flexibility index (Phi) is 3.85. The first-order valence-corrected chi connectivity index (χ1v) is 7.84. The summed E-state index contributed by atoms with van der Waals surface area (Å²) in [6.45, 7) is 4.97. The van der Waals surface area contributed by atoms with Gasteiger partial charge in [0.1, 0.15) is 5.82 Å². The molecule has 0 radical (unpaired) electrons. The molecular formula is C16H24N4O. The van der Waals surface area contributed by atoms with Crippen LogP contribution in [0.5, 0.6) is 0 Å². The second-order valence-electron chi connectivity index (χ2n) is 6.53. The van der Waals surface area contributed by atoms with E-state index in [1.54, 1.807) is 0 Å². The molecule has 2 fully saturated rings. The molecule has 114 valence electrons. The van der Waals surface area contributed by atoms with Gasteiger partial charge in [-0.1, -0.05) is 13.0 Å². The van der Waals surface area contributed by atoms with E-state index in [0.29, 0.717) is 6.54 Å². The highest BCUT2D eigenvalue weighted by molar-refractivity contribution is 5.88. The first-order valence-electron chi connectivity index (χ1n) is 7.84. The summed E-state index contributed by atoms with van der Waals surface area (Å²) in [5.74, 6) is 1.81. The van der Waals surface area contributed by atoms with Gasteiger partial charge in [0.2, 0.25) is 5.91 Å². The molecule has 5 nitrogen and oxygen atoms in total. The van der Waals surface area contributed by atoms with Crippen LogP contribution in [-0.4, -0.2) is 29.5 Å². The van der Waals surface area contributed by atoms with E-state index in [1.807, 2.05) is 18.3 Å². The van der Waals surface area contributed by atoms with Crippen molar-refractivity contribution in [2.45, 2.75) is 44.7 Å². The van der Waals surface area contributed by atoms with Crippen LogP contribution in [0.25, 0.3) is 0 Å². The summed E-state index contributed by atoms with van der Waals surface area (Å²) in [5.41, 5.74) is 6.27. The van der Waals surface area contributed by atoms with Crippen LogP contribution in [-0.2, 0) is 11.3 Å². The molecule has 3 rings (SSSR count). The number of nitrogens with zero attached hydrogens (tertiary/aromatic N) is 2. The molecule has 5 heteroatoms. The third-order valence-electron chi connectivity index (χ3n) is 4.61. The first-order chi connectivity index (χ1) is 10.1. The van der Waals surface area contributed by atoms with Gasteiger partial charge in [-0.3, -0.25) is 4.79 Å². The molecule has 1 aromatic rings. The Hall–Kier alpha value is -1.62. The molecule has 21 heavy (non-hydrogen) atoms. The molecule has 1 aromatic heterocycles. The number of amides is 1. The maximum absolute atomic E-state index is 11.8. The fourth-order valence-corrected chi connectivity index (χ4v) is 2.67. The van der Waals surface area contributed by atoms with Crippen molar-refractivity contribution in [1.82, 2.24) is 10.3 Å². The monoisotopic (exact) mass is 288 g/mol. The molecule has 3 N–H and O–H groups in total. The van der Waals surface area contributed by atoms with Crippen molar-refractivity contribution in [2.24, 2.45) is 11.7 Å². The minimum atomic E-state index is -0.599. The fourth-order valence-electron chi connectivity index (χ4n) is 2.67. The summed E-state index contributed by atoms with van der Waals surface area (Å²) in [6.07, 6.45) is 5.91. The van der Waals surface area contributed by atoms with Crippen LogP contribution in [0.15, 0.2) is 18.3 Å². The number of anilines is 1. The second kappa shape index (κ2) is 5.64. The Morgan fingerprint density at radius 3 is 2.71 bits per heavy atom. The molecule has 0 unspecified atom stereocenters. The predicted octanol–water partition coefficient (Wildman–Crippen LogP) is 1.43. The van der Waals surface area contributed by atoms with Crippen LogP contribution in [0.2, 0.25) is 0 Å². The molecule has 2 heterocycles. The topological polar surface area (TPSA) is 71.2 Å². The number of piperidine rings is 1. The van der Waals surface area contributed by atoms with Gasteiger partial charge in [0.15, 0.2) is 0 Å². The highest BCUT2D eigenvalue weighted by Gasteiger charge is 2.45. The molecule has 1 amide bonds. The maximum Gasteiger partial charge on any atom is 0.240 e. The smallest absolute Gasteiger partial charge is 0.240 e. The van der Waals surface area contributed by atoms with Crippen LogP contribution in [0.1, 0.15) is 38.2 Å². The normalized spacial score (nSPS) is 21.1. The number of aromatic nitrogens is 1. The van der Waals surface area contributed by atoms with Crippen LogP contribution in [0.4, 0.5) is 5.82 Å². The Bertz CT molecular complexity index is 502. The molecular weight excluding hydrogens is 264 g/mol. The minimum absolute atomic E-state index is 0.0448. The minimum Gasteiger partial charge on any atom is -0.357 e. The van der Waals surface area contributed by atoms with Crippen molar-refractivity contribution < 1.29 is 4.79 Å². The quantitative estimate of drug-likeness (QED) is 0.879. The van der Waals surface area contributed by atoms with Gasteiger partial charge in [0.25, 0.3) is 0 Å². The molecule has 1 aliphatic heterocycles. The molecule has 1 saturated heterocycles. The summed E-state index contributed by atoms with van der Waals surface area (Å²) in [7, 11) is 0. The second-order valence-corrected chi connectivity index (χ2v) is 6.53. The average Bonchev–Trinajstić information content (AvgIpc) is 3.25. The highest BCUT2D eigenvalue weighted by Crippen LogP contribution is 2.32. The van der Waals surface area contributed by atoms with Crippen molar-refractivity contribution in [3.8, 4) is 0 Å². The van der Waals surface area contributed by atoms with Gasteiger partial charge in [-0.15, -0.1) is 0 Å². The lowest BCUT2D eigenvalue weighted by atomic mass is 9.99. The SMILES string of the molecule is CC1CCN(c2ccc(CNC(=O)C3(N)CC3)cn2)CC1. The molecule has 1 aliphatic carbocycles. The van der Waals surface area contributed by atoms with E-state index in [2.05, 4.69) is 22.1 Å². The average molecular weight is 288 g/mol. The number of rotatable bonds is 4. The largest absolute Gasteiger partial charge is 0.357 e. The number of nitrogens with two attached hydrogens (primary N) is 1. The number of carbonyl (C=O) groups is 1. The Morgan fingerprint density at radius 2 is 2.14 bits per heavy atom. The summed E-state index contributed by atoms with van der Waals surface area (Å²) in [4.78, 5) is 18.6. The summed E-state index contributed by atoms with van der Waals surface area (Å²) >= 11 is 0. The molecule has 0 aromatic carbocycles. The van der Waals surface area contributed by atoms with Crippen molar-refractivity contribution in [3.63, 3.8) is 0 Å². The molecule has 2 aliphatic rings. The van der Waals surface area contributed by atoms with Crippen molar-refractivity contribution in [3.05, 3.63) is 23.9 Å². The molecule has 0 atom stereocenters. The van der Waals surface area contributed by atoms with Gasteiger partial charge >= 0.3 is 0 Å². The van der Waals surface area contributed by atoms with Crippen molar-refractivity contribution in [1.29, 1.82) is 0 Å². The lowest BCUT2D eigenvalue weighted by molar-refractivity contribution is -0.123. The highest BCUT2D eigenvalue weighted by atomic mass is 16.2. The van der Waals surface area contributed by atoms with Gasteiger partial charge < -0.3 is 16.0 Å². The number of hydrogen-bond acceptors (Lipinski definition) is 4. The van der Waals surface area contributed by atoms with E-state index in [1.165, 1.54) is 12.8 Å². The van der Waals surface area contributed by atoms with Crippen molar-refractivity contribution >= 4 is 11.7 Å². The summed E-state index contributed by atoms with van der Waals surface area (Å²) in [5, 5.41) is 2.89. The van der Waals surface area contributed by atoms with Crippen LogP contribution < -0.4 is 16.0 Å². The zero-order chi connectivity index (χ0) is 14.9. The van der Waals surface area contributed by atoms with Gasteiger partial charge in [-0.25, -0.2) is 4.98 Å². The zero-order valence-corrected chi connectivity index (χ0v) is 12.6. The fraction of sp³-hybridized carbons (Fsp3) is 0.625. The molecule has 0 spiro atoms. The summed E-state index contributed by atoms with van der Waals surface area (Å²) < 4.78 is 0. The third kappa shape index (κ3) is 3.35. The van der Waals surface area contributed by atoms with Crippen LogP contribution >= 0.6 is 0 Å². The van der Waals surface area contributed by atoms with Crippen LogP contribution in [0.3, 0.4) is 0 Å². The van der Waals surface area contributed by atoms with Gasteiger partial charge in [-0.05, 0) is 43.2 Å². The number of nitrogens with one attached hydrogen (secondary N) is 1. The summed E-state index contributed by atoms with van der Waals surface area (Å²) in [6, 6.07) is 4.09. The zero-order valence-electron chi connectivity index (χ0n) is 12.6. The van der Waals surface area contributed by atoms with Gasteiger partial charge in [-0.2, -0.15) is 0 Å². The number of carbonyl (C=O) groups excluding carboxylic acids is 1. The lowest BCUT2D eigenvalue weighted by Gasteiger charge is -2.31. The Morgan fingerprint density at radius 1 is 1.43 bits per heavy atom.